The van der Waals surface area contributed by atoms with Crippen LogP contribution in [0.25, 0.3) is 0 Å². The van der Waals surface area contributed by atoms with Gasteiger partial charge in [0.15, 0.2) is 11.5 Å². The van der Waals surface area contributed by atoms with E-state index >= 15 is 0 Å². The van der Waals surface area contributed by atoms with Crippen LogP contribution in [0.15, 0.2) is 29.1 Å². The first-order valence-corrected chi connectivity index (χ1v) is 6.57. The van der Waals surface area contributed by atoms with Gasteiger partial charge in [-0.2, -0.15) is 0 Å². The Morgan fingerprint density at radius 2 is 2.06 bits per heavy atom. The standard InChI is InChI=1S/C13H13BrN2O2/c1-16-8-15-10(13(16)14)6-9-2-3-11-12(7-9)18-5-4-17-11/h2-3,7-8H,4-6H2,1H3. The molecule has 0 aliphatic carbocycles. The minimum atomic E-state index is 0.615. The summed E-state index contributed by atoms with van der Waals surface area (Å²) < 4.78 is 14.0. The Balaban J connectivity index is 1.87. The monoisotopic (exact) mass is 308 g/mol. The third-order valence-electron chi connectivity index (χ3n) is 2.91. The van der Waals surface area contributed by atoms with Crippen LogP contribution >= 0.6 is 15.9 Å². The van der Waals surface area contributed by atoms with Crippen LogP contribution in [-0.2, 0) is 13.5 Å². The molecule has 1 aliphatic heterocycles. The lowest BCUT2D eigenvalue weighted by molar-refractivity contribution is 0.171. The Hall–Kier alpha value is -1.49. The Morgan fingerprint density at radius 3 is 2.78 bits per heavy atom. The fourth-order valence-electron chi connectivity index (χ4n) is 1.97. The number of hydrogen-bond acceptors (Lipinski definition) is 3. The molecule has 0 N–H and O–H groups in total. The number of benzene rings is 1. The summed E-state index contributed by atoms with van der Waals surface area (Å²) in [5.41, 5.74) is 2.19. The van der Waals surface area contributed by atoms with Gasteiger partial charge in [-0.3, -0.25) is 0 Å². The van der Waals surface area contributed by atoms with Crippen LogP contribution in [0.3, 0.4) is 0 Å². The average Bonchev–Trinajstić information content (AvgIpc) is 2.71. The van der Waals surface area contributed by atoms with Gasteiger partial charge in [-0.05, 0) is 33.6 Å². The zero-order chi connectivity index (χ0) is 12.5. The molecule has 4 nitrogen and oxygen atoms in total. The van der Waals surface area contributed by atoms with Crippen molar-refractivity contribution in [1.29, 1.82) is 0 Å². The summed E-state index contributed by atoms with van der Waals surface area (Å²) in [7, 11) is 1.96. The molecular weight excluding hydrogens is 296 g/mol. The number of fused-ring (bicyclic) bond motifs is 1. The molecule has 1 aromatic carbocycles. The van der Waals surface area contributed by atoms with Crippen molar-refractivity contribution in [2.45, 2.75) is 6.42 Å². The van der Waals surface area contributed by atoms with Gasteiger partial charge in [-0.1, -0.05) is 6.07 Å². The topological polar surface area (TPSA) is 36.3 Å². The Labute approximate surface area is 114 Å². The van der Waals surface area contributed by atoms with E-state index in [1.165, 1.54) is 5.56 Å². The average molecular weight is 309 g/mol. The van der Waals surface area contributed by atoms with E-state index < -0.39 is 0 Å². The van der Waals surface area contributed by atoms with Crippen molar-refractivity contribution < 1.29 is 9.47 Å². The molecule has 5 heteroatoms. The second-order valence-electron chi connectivity index (χ2n) is 4.25. The van der Waals surface area contributed by atoms with E-state index in [9.17, 15) is 0 Å². The lowest BCUT2D eigenvalue weighted by Crippen LogP contribution is -2.15. The number of halogens is 1. The first-order chi connectivity index (χ1) is 8.74. The molecular formula is C13H13BrN2O2. The molecule has 94 valence electrons. The highest BCUT2D eigenvalue weighted by Gasteiger charge is 2.13. The van der Waals surface area contributed by atoms with Gasteiger partial charge in [0.05, 0.1) is 12.0 Å². The fourth-order valence-corrected chi connectivity index (χ4v) is 2.31. The first kappa shape index (κ1) is 11.6. The number of aryl methyl sites for hydroxylation is 1. The Morgan fingerprint density at radius 1 is 1.28 bits per heavy atom. The molecule has 1 aromatic heterocycles. The molecule has 0 spiro atoms. The van der Waals surface area contributed by atoms with Crippen LogP contribution in [0.4, 0.5) is 0 Å². The van der Waals surface area contributed by atoms with Crippen LogP contribution < -0.4 is 9.47 Å². The molecule has 0 bridgehead atoms. The van der Waals surface area contributed by atoms with Crippen molar-refractivity contribution in [3.8, 4) is 11.5 Å². The number of rotatable bonds is 2. The van der Waals surface area contributed by atoms with Gasteiger partial charge < -0.3 is 14.0 Å². The molecule has 0 saturated carbocycles. The van der Waals surface area contributed by atoms with Gasteiger partial charge in [0.25, 0.3) is 0 Å². The van der Waals surface area contributed by atoms with Gasteiger partial charge in [0, 0.05) is 13.5 Å². The predicted octanol–water partition coefficient (Wildman–Crippen LogP) is 2.54. The predicted molar refractivity (Wildman–Crippen MR) is 71.1 cm³/mol. The highest BCUT2D eigenvalue weighted by atomic mass is 79.9. The second-order valence-corrected chi connectivity index (χ2v) is 5.00. The van der Waals surface area contributed by atoms with E-state index in [1.807, 2.05) is 23.7 Å². The Kier molecular flexibility index (Phi) is 2.99. The van der Waals surface area contributed by atoms with Crippen LogP contribution in [-0.4, -0.2) is 22.8 Å². The van der Waals surface area contributed by atoms with E-state index in [-0.39, 0.29) is 0 Å². The third-order valence-corrected chi connectivity index (χ3v) is 3.93. The van der Waals surface area contributed by atoms with E-state index in [4.69, 9.17) is 9.47 Å². The zero-order valence-corrected chi connectivity index (χ0v) is 11.6. The van der Waals surface area contributed by atoms with Crippen molar-refractivity contribution in [1.82, 2.24) is 9.55 Å². The highest BCUT2D eigenvalue weighted by molar-refractivity contribution is 9.10. The summed E-state index contributed by atoms with van der Waals surface area (Å²) in [5.74, 6) is 1.65. The van der Waals surface area contributed by atoms with Crippen molar-refractivity contribution in [2.24, 2.45) is 7.05 Å². The Bertz CT molecular complexity index is 580. The lowest BCUT2D eigenvalue weighted by atomic mass is 10.1. The summed E-state index contributed by atoms with van der Waals surface area (Å²) in [6, 6.07) is 6.03. The second kappa shape index (κ2) is 4.65. The van der Waals surface area contributed by atoms with Gasteiger partial charge in [-0.25, -0.2) is 4.98 Å². The maximum atomic E-state index is 5.57. The van der Waals surface area contributed by atoms with Crippen LogP contribution in [0.1, 0.15) is 11.3 Å². The van der Waals surface area contributed by atoms with E-state index in [0.717, 1.165) is 28.2 Å². The summed E-state index contributed by atoms with van der Waals surface area (Å²) in [4.78, 5) is 4.37. The zero-order valence-electron chi connectivity index (χ0n) is 10.0. The molecule has 0 unspecified atom stereocenters. The first-order valence-electron chi connectivity index (χ1n) is 5.78. The van der Waals surface area contributed by atoms with Gasteiger partial charge in [0.2, 0.25) is 0 Å². The summed E-state index contributed by atoms with van der Waals surface area (Å²) >= 11 is 3.53. The van der Waals surface area contributed by atoms with Gasteiger partial charge >= 0.3 is 0 Å². The molecule has 0 fully saturated rings. The minimum Gasteiger partial charge on any atom is -0.486 e. The van der Waals surface area contributed by atoms with E-state index in [0.29, 0.717) is 13.2 Å². The van der Waals surface area contributed by atoms with Gasteiger partial charge in [0.1, 0.15) is 17.8 Å². The van der Waals surface area contributed by atoms with Crippen molar-refractivity contribution in [3.63, 3.8) is 0 Å². The molecule has 0 saturated heterocycles. The smallest absolute Gasteiger partial charge is 0.161 e. The van der Waals surface area contributed by atoms with Gasteiger partial charge in [-0.15, -0.1) is 0 Å². The fraction of sp³-hybridized carbons (Fsp3) is 0.308. The molecule has 3 rings (SSSR count). The van der Waals surface area contributed by atoms with Crippen LogP contribution in [0, 0.1) is 0 Å². The molecule has 0 atom stereocenters. The molecule has 2 heterocycles. The summed E-state index contributed by atoms with van der Waals surface area (Å²) in [5, 5.41) is 0. The maximum absolute atomic E-state index is 5.57. The number of hydrogen-bond donors (Lipinski definition) is 0. The lowest BCUT2D eigenvalue weighted by Gasteiger charge is -2.18. The van der Waals surface area contributed by atoms with Crippen LogP contribution in [0.5, 0.6) is 11.5 Å². The highest BCUT2D eigenvalue weighted by Crippen LogP contribution is 2.31. The number of imidazole rings is 1. The number of ether oxygens (including phenoxy) is 2. The van der Waals surface area contributed by atoms with Crippen LogP contribution in [0.2, 0.25) is 0 Å². The summed E-state index contributed by atoms with van der Waals surface area (Å²) in [6.07, 6.45) is 2.58. The van der Waals surface area contributed by atoms with Crippen molar-refractivity contribution in [2.75, 3.05) is 13.2 Å². The molecule has 1 aliphatic rings. The SMILES string of the molecule is Cn1cnc(Cc2ccc3c(c2)OCCO3)c1Br. The minimum absolute atomic E-state index is 0.615. The maximum Gasteiger partial charge on any atom is 0.161 e. The van der Waals surface area contributed by atoms with Crippen molar-refractivity contribution >= 4 is 15.9 Å². The molecule has 2 aromatic rings. The molecule has 0 amide bonds. The third kappa shape index (κ3) is 2.10. The summed E-state index contributed by atoms with van der Waals surface area (Å²) in [6.45, 7) is 1.24. The largest absolute Gasteiger partial charge is 0.486 e. The quantitative estimate of drug-likeness (QED) is 0.855. The van der Waals surface area contributed by atoms with E-state index in [1.54, 1.807) is 6.33 Å². The van der Waals surface area contributed by atoms with E-state index in [2.05, 4.69) is 27.0 Å². The molecule has 0 radical (unpaired) electrons. The molecule has 18 heavy (non-hydrogen) atoms. The van der Waals surface area contributed by atoms with Crippen molar-refractivity contribution in [3.05, 3.63) is 40.4 Å². The number of aromatic nitrogens is 2. The normalized spacial score (nSPS) is 13.7. The number of nitrogens with zero attached hydrogens (tertiary/aromatic N) is 2.